The first kappa shape index (κ1) is 17.2. The zero-order chi connectivity index (χ0) is 14.2. The van der Waals surface area contributed by atoms with E-state index in [1.54, 1.807) is 0 Å². The van der Waals surface area contributed by atoms with Crippen molar-refractivity contribution >= 4 is 5.91 Å². The Labute approximate surface area is 107 Å². The average molecular weight is 267 g/mol. The summed E-state index contributed by atoms with van der Waals surface area (Å²) < 4.78 is 28.0. The van der Waals surface area contributed by atoms with E-state index < -0.39 is 19.1 Å². The van der Waals surface area contributed by atoms with Crippen LogP contribution in [-0.4, -0.2) is 43.3 Å². The van der Waals surface area contributed by atoms with Gasteiger partial charge in [-0.1, -0.05) is 20.8 Å². The molecule has 2 N–H and O–H groups in total. The van der Waals surface area contributed by atoms with Crippen LogP contribution in [0.1, 0.15) is 33.6 Å². The van der Waals surface area contributed by atoms with Gasteiger partial charge in [-0.15, -0.1) is 0 Å². The van der Waals surface area contributed by atoms with Gasteiger partial charge in [-0.25, -0.2) is 8.78 Å². The molecular weight excluding hydrogens is 244 g/mol. The third-order valence-electron chi connectivity index (χ3n) is 2.10. The molecule has 0 fully saturated rings. The van der Waals surface area contributed by atoms with E-state index in [9.17, 15) is 18.7 Å². The van der Waals surface area contributed by atoms with E-state index in [0.717, 1.165) is 0 Å². The van der Waals surface area contributed by atoms with Crippen molar-refractivity contribution in [1.82, 2.24) is 5.32 Å². The van der Waals surface area contributed by atoms with Crippen LogP contribution in [0.3, 0.4) is 0 Å². The third kappa shape index (κ3) is 11.7. The van der Waals surface area contributed by atoms with E-state index >= 15 is 0 Å². The second-order valence-electron chi connectivity index (χ2n) is 5.44. The number of rotatable bonds is 8. The van der Waals surface area contributed by atoms with Crippen molar-refractivity contribution in [2.75, 3.05) is 19.8 Å². The van der Waals surface area contributed by atoms with Crippen LogP contribution < -0.4 is 5.32 Å². The summed E-state index contributed by atoms with van der Waals surface area (Å²) >= 11 is 0. The maximum absolute atomic E-state index is 11.7. The molecule has 0 bridgehead atoms. The molecule has 0 radical (unpaired) electrons. The fourth-order valence-corrected chi connectivity index (χ4v) is 1.44. The molecule has 0 spiro atoms. The Kier molecular flexibility index (Phi) is 8.02. The normalized spacial score (nSPS) is 13.7. The van der Waals surface area contributed by atoms with Gasteiger partial charge in [0.15, 0.2) is 0 Å². The van der Waals surface area contributed by atoms with E-state index in [1.165, 1.54) is 0 Å². The summed E-state index contributed by atoms with van der Waals surface area (Å²) in [4.78, 5) is 11.3. The van der Waals surface area contributed by atoms with Crippen molar-refractivity contribution in [2.45, 2.75) is 46.1 Å². The number of hydrogen-bond acceptors (Lipinski definition) is 3. The van der Waals surface area contributed by atoms with E-state index in [2.05, 4.69) is 10.1 Å². The van der Waals surface area contributed by atoms with Gasteiger partial charge in [-0.3, -0.25) is 4.79 Å². The molecule has 1 unspecified atom stereocenters. The molecule has 0 aliphatic carbocycles. The Hall–Kier alpha value is -0.750. The Morgan fingerprint density at radius 2 is 2.00 bits per heavy atom. The molecule has 0 saturated carbocycles. The summed E-state index contributed by atoms with van der Waals surface area (Å²) in [5.74, 6) is -0.308. The summed E-state index contributed by atoms with van der Waals surface area (Å²) in [7, 11) is 0. The number of hydrogen-bond donors (Lipinski definition) is 2. The molecule has 0 saturated heterocycles. The maximum Gasteiger partial charge on any atom is 0.261 e. The highest BCUT2D eigenvalue weighted by Crippen LogP contribution is 2.20. The minimum Gasteiger partial charge on any atom is -0.391 e. The lowest BCUT2D eigenvalue weighted by atomic mass is 9.89. The zero-order valence-corrected chi connectivity index (χ0v) is 11.2. The highest BCUT2D eigenvalue weighted by Gasteiger charge is 2.17. The van der Waals surface area contributed by atoms with Gasteiger partial charge in [0, 0.05) is 13.0 Å². The van der Waals surface area contributed by atoms with Crippen LogP contribution >= 0.6 is 0 Å². The zero-order valence-electron chi connectivity index (χ0n) is 11.2. The van der Waals surface area contributed by atoms with Gasteiger partial charge >= 0.3 is 0 Å². The highest BCUT2D eigenvalue weighted by atomic mass is 19.3. The van der Waals surface area contributed by atoms with E-state index in [4.69, 9.17) is 0 Å². The maximum atomic E-state index is 11.7. The van der Waals surface area contributed by atoms with E-state index in [-0.39, 0.29) is 30.9 Å². The number of carbonyl (C=O) groups is 1. The lowest BCUT2D eigenvalue weighted by molar-refractivity contribution is -0.123. The largest absolute Gasteiger partial charge is 0.391 e. The van der Waals surface area contributed by atoms with Crippen LogP contribution in [0.25, 0.3) is 0 Å². The van der Waals surface area contributed by atoms with E-state index in [0.29, 0.717) is 6.42 Å². The first-order chi connectivity index (χ1) is 8.20. The molecule has 0 aromatic carbocycles. The van der Waals surface area contributed by atoms with Crippen molar-refractivity contribution in [3.05, 3.63) is 0 Å². The molecule has 0 aliphatic heterocycles. The van der Waals surface area contributed by atoms with Gasteiger partial charge in [0.1, 0.15) is 6.61 Å². The van der Waals surface area contributed by atoms with Crippen molar-refractivity contribution < 1.29 is 23.4 Å². The van der Waals surface area contributed by atoms with Crippen molar-refractivity contribution in [3.63, 3.8) is 0 Å². The number of aliphatic hydroxyl groups excluding tert-OH is 1. The second-order valence-corrected chi connectivity index (χ2v) is 5.44. The van der Waals surface area contributed by atoms with Crippen LogP contribution in [-0.2, 0) is 9.53 Å². The van der Waals surface area contributed by atoms with Crippen molar-refractivity contribution in [2.24, 2.45) is 5.41 Å². The molecular formula is C12H23F2NO3. The molecule has 0 aliphatic rings. The molecule has 6 heteroatoms. The highest BCUT2D eigenvalue weighted by molar-refractivity contribution is 5.75. The monoisotopic (exact) mass is 267 g/mol. The van der Waals surface area contributed by atoms with Gasteiger partial charge in [-0.2, -0.15) is 0 Å². The summed E-state index contributed by atoms with van der Waals surface area (Å²) in [5.41, 5.74) is -0.00941. The molecule has 18 heavy (non-hydrogen) atoms. The van der Waals surface area contributed by atoms with Gasteiger partial charge < -0.3 is 15.2 Å². The Morgan fingerprint density at radius 3 is 2.50 bits per heavy atom. The quantitative estimate of drug-likeness (QED) is 0.656. The smallest absolute Gasteiger partial charge is 0.261 e. The molecule has 0 aromatic heterocycles. The topological polar surface area (TPSA) is 58.6 Å². The first-order valence-electron chi connectivity index (χ1n) is 6.01. The minimum absolute atomic E-state index is 0.00941. The van der Waals surface area contributed by atoms with Crippen LogP contribution in [0.5, 0.6) is 0 Å². The van der Waals surface area contributed by atoms with Crippen LogP contribution in [0.4, 0.5) is 8.78 Å². The number of carbonyl (C=O) groups excluding carboxylic acids is 1. The lowest BCUT2D eigenvalue weighted by Crippen LogP contribution is -2.34. The predicted molar refractivity (Wildman–Crippen MR) is 64.5 cm³/mol. The summed E-state index contributed by atoms with van der Waals surface area (Å²) in [5, 5.41) is 12.2. The predicted octanol–water partition coefficient (Wildman–Crippen LogP) is 1.57. The van der Waals surface area contributed by atoms with Crippen molar-refractivity contribution in [1.29, 1.82) is 0 Å². The van der Waals surface area contributed by atoms with Gasteiger partial charge in [0.2, 0.25) is 5.91 Å². The second kappa shape index (κ2) is 8.37. The molecule has 1 amide bonds. The number of amides is 1. The Morgan fingerprint density at radius 1 is 1.39 bits per heavy atom. The van der Waals surface area contributed by atoms with E-state index in [1.807, 2.05) is 20.8 Å². The van der Waals surface area contributed by atoms with Gasteiger partial charge in [0.25, 0.3) is 6.43 Å². The van der Waals surface area contributed by atoms with Crippen LogP contribution in [0.15, 0.2) is 0 Å². The summed E-state index contributed by atoms with van der Waals surface area (Å²) in [6, 6.07) is 0. The first-order valence-corrected chi connectivity index (χ1v) is 6.01. The molecule has 0 aromatic rings. The van der Waals surface area contributed by atoms with Gasteiger partial charge in [-0.05, 0) is 11.8 Å². The Balaban J connectivity index is 3.58. The fraction of sp³-hybridized carbons (Fsp3) is 0.917. The molecule has 4 nitrogen and oxygen atoms in total. The average Bonchev–Trinajstić information content (AvgIpc) is 2.19. The number of ether oxygens (including phenoxy) is 1. The SMILES string of the molecule is CC(C)(C)CC(O)CNC(=O)CCOCC(F)F. The third-order valence-corrected chi connectivity index (χ3v) is 2.10. The summed E-state index contributed by atoms with van der Waals surface area (Å²) in [6.45, 7) is 5.47. The molecule has 108 valence electrons. The lowest BCUT2D eigenvalue weighted by Gasteiger charge is -2.22. The van der Waals surface area contributed by atoms with Crippen LogP contribution in [0.2, 0.25) is 0 Å². The van der Waals surface area contributed by atoms with Crippen molar-refractivity contribution in [3.8, 4) is 0 Å². The molecule has 0 heterocycles. The minimum atomic E-state index is -2.51. The number of nitrogens with one attached hydrogen (secondary N) is 1. The van der Waals surface area contributed by atoms with Gasteiger partial charge in [0.05, 0.1) is 12.7 Å². The standard InChI is InChI=1S/C12H23F2NO3/c1-12(2,3)6-9(16)7-15-11(17)4-5-18-8-10(13)14/h9-10,16H,4-8H2,1-3H3,(H,15,17). The number of alkyl halides is 2. The van der Waals surface area contributed by atoms with Crippen LogP contribution in [0, 0.1) is 5.41 Å². The number of halogens is 2. The molecule has 1 atom stereocenters. The molecule has 0 rings (SSSR count). The number of aliphatic hydroxyl groups is 1. The summed E-state index contributed by atoms with van der Waals surface area (Å²) in [6.07, 6.45) is -2.51. The Bertz CT molecular complexity index is 242. The fourth-order valence-electron chi connectivity index (χ4n) is 1.44.